The van der Waals surface area contributed by atoms with Gasteiger partial charge in [-0.15, -0.1) is 0 Å². The Labute approximate surface area is 327 Å². The summed E-state index contributed by atoms with van der Waals surface area (Å²) in [5.41, 5.74) is -6.40. The van der Waals surface area contributed by atoms with Gasteiger partial charge in [0.05, 0.1) is 13.2 Å². The maximum atomic E-state index is 13.6. The molecule has 0 aliphatic rings. The van der Waals surface area contributed by atoms with E-state index in [-0.39, 0.29) is 19.3 Å². The third-order valence-corrected chi connectivity index (χ3v) is 10.7. The summed E-state index contributed by atoms with van der Waals surface area (Å²) < 4.78 is 0. The number of ketones is 4. The van der Waals surface area contributed by atoms with Crippen LogP contribution in [-0.2, 0) is 19.2 Å². The highest BCUT2D eigenvalue weighted by atomic mass is 16.4. The van der Waals surface area contributed by atoms with Gasteiger partial charge in [0.25, 0.3) is 0 Å². The summed E-state index contributed by atoms with van der Waals surface area (Å²) in [4.78, 5) is 52.8. The van der Waals surface area contributed by atoms with Crippen LogP contribution >= 0.6 is 0 Å². The van der Waals surface area contributed by atoms with Crippen molar-refractivity contribution in [2.75, 3.05) is 13.2 Å². The largest absolute Gasteiger partial charge is 0.394 e. The molecule has 10 nitrogen and oxygen atoms in total. The lowest BCUT2D eigenvalue weighted by Crippen LogP contribution is -2.69. The first-order chi connectivity index (χ1) is 26.0. The molecule has 0 spiro atoms. The number of hydrogen-bond acceptors (Lipinski definition) is 10. The van der Waals surface area contributed by atoms with E-state index in [2.05, 4.69) is 26.0 Å². The van der Waals surface area contributed by atoms with E-state index in [1.54, 1.807) is 0 Å². The molecular formula is C44H80O10. The number of unbranched alkanes of at least 4 members (excludes halogenated alkanes) is 23. The third kappa shape index (κ3) is 21.5. The second kappa shape index (κ2) is 33.3. The standard InChI is InChI=1S/C44H80O10/c1-3-5-7-9-11-13-15-17-18-20-21-23-25-27-29-31-39(49)43(53,36-46)44(54,41(51)34-33-37(47)42(52)38(48)35-45)40(50)32-30-28-26-24-22-19-16-14-12-10-8-6-4-2/h14,16,38,42,45-46,48,52-54H,3-13,15,17-36H2,1-2H3/b16-14-. The van der Waals surface area contributed by atoms with Crippen molar-refractivity contribution in [1.29, 1.82) is 0 Å². The first-order valence-electron chi connectivity index (χ1n) is 21.8. The number of hydrogen-bond donors (Lipinski definition) is 6. The molecule has 0 amide bonds. The van der Waals surface area contributed by atoms with Crippen LogP contribution in [0.5, 0.6) is 0 Å². The zero-order valence-corrected chi connectivity index (χ0v) is 34.3. The molecule has 0 radical (unpaired) electrons. The van der Waals surface area contributed by atoms with Gasteiger partial charge in [-0.25, -0.2) is 0 Å². The molecule has 6 N–H and O–H groups in total. The first-order valence-corrected chi connectivity index (χ1v) is 21.8. The third-order valence-electron chi connectivity index (χ3n) is 10.7. The minimum Gasteiger partial charge on any atom is -0.394 e. The number of carbonyl (C=O) groups excluding carboxylic acids is 4. The van der Waals surface area contributed by atoms with Gasteiger partial charge in [-0.3, -0.25) is 19.2 Å². The zero-order valence-electron chi connectivity index (χ0n) is 34.3. The maximum absolute atomic E-state index is 13.6. The SMILES string of the molecule is CCCCCC/C=C\CCCCCCCC(=O)C(O)(C(=O)CCC(=O)C(O)C(O)CO)C(O)(CO)C(=O)CCCCCCCCCCCCCCCCC. The number of allylic oxidation sites excluding steroid dienone is 2. The summed E-state index contributed by atoms with van der Waals surface area (Å²) in [6, 6.07) is 0. The van der Waals surface area contributed by atoms with Crippen LogP contribution < -0.4 is 0 Å². The Kier molecular flexibility index (Phi) is 32.2. The fraction of sp³-hybridized carbons (Fsp3) is 0.864. The van der Waals surface area contributed by atoms with Crippen molar-refractivity contribution in [3.05, 3.63) is 12.2 Å². The van der Waals surface area contributed by atoms with Gasteiger partial charge in [-0.2, -0.15) is 0 Å². The first kappa shape index (κ1) is 52.2. The number of aliphatic hydroxyl groups is 6. The van der Waals surface area contributed by atoms with E-state index >= 15 is 0 Å². The molecule has 0 aromatic heterocycles. The van der Waals surface area contributed by atoms with Crippen LogP contribution in [0.2, 0.25) is 0 Å². The highest BCUT2D eigenvalue weighted by molar-refractivity contribution is 6.16. The van der Waals surface area contributed by atoms with E-state index in [0.29, 0.717) is 19.3 Å². The summed E-state index contributed by atoms with van der Waals surface area (Å²) in [6.07, 6.45) is 25.8. The fourth-order valence-corrected chi connectivity index (χ4v) is 6.95. The Balaban J connectivity index is 5.09. The van der Waals surface area contributed by atoms with Crippen molar-refractivity contribution in [1.82, 2.24) is 0 Å². The van der Waals surface area contributed by atoms with Gasteiger partial charge in [-0.05, 0) is 38.5 Å². The summed E-state index contributed by atoms with van der Waals surface area (Å²) in [7, 11) is 0. The molecule has 0 saturated heterocycles. The lowest BCUT2D eigenvalue weighted by Gasteiger charge is -2.39. The van der Waals surface area contributed by atoms with Crippen LogP contribution in [0, 0.1) is 0 Å². The molecule has 0 rings (SSSR count). The average molecular weight is 769 g/mol. The van der Waals surface area contributed by atoms with Gasteiger partial charge in [0.1, 0.15) is 12.2 Å². The van der Waals surface area contributed by atoms with E-state index in [9.17, 15) is 44.7 Å². The zero-order chi connectivity index (χ0) is 40.5. The second-order valence-corrected chi connectivity index (χ2v) is 15.5. The molecule has 316 valence electrons. The number of Topliss-reactive ketones (excluding diaryl/α,β-unsaturated/α-hetero) is 4. The Morgan fingerprint density at radius 2 is 0.833 bits per heavy atom. The summed E-state index contributed by atoms with van der Waals surface area (Å²) >= 11 is 0. The molecule has 0 heterocycles. The Hall–Kier alpha value is -1.82. The van der Waals surface area contributed by atoms with Crippen LogP contribution in [0.4, 0.5) is 0 Å². The van der Waals surface area contributed by atoms with Crippen molar-refractivity contribution in [3.8, 4) is 0 Å². The molecule has 0 aromatic carbocycles. The van der Waals surface area contributed by atoms with E-state index in [0.717, 1.165) is 57.8 Å². The number of carbonyl (C=O) groups is 4. The minimum atomic E-state index is -3.29. The number of aliphatic hydroxyl groups excluding tert-OH is 4. The normalized spacial score (nSPS) is 15.2. The molecular weight excluding hydrogens is 688 g/mol. The van der Waals surface area contributed by atoms with Crippen LogP contribution in [0.3, 0.4) is 0 Å². The van der Waals surface area contributed by atoms with E-state index < -0.39 is 72.6 Å². The smallest absolute Gasteiger partial charge is 0.219 e. The van der Waals surface area contributed by atoms with Crippen molar-refractivity contribution >= 4 is 23.1 Å². The van der Waals surface area contributed by atoms with Gasteiger partial charge in [-0.1, -0.05) is 154 Å². The molecule has 0 fully saturated rings. The van der Waals surface area contributed by atoms with Gasteiger partial charge < -0.3 is 30.6 Å². The van der Waals surface area contributed by atoms with Crippen LogP contribution in [0.15, 0.2) is 12.2 Å². The molecule has 10 heteroatoms. The molecule has 0 aliphatic heterocycles. The van der Waals surface area contributed by atoms with E-state index in [1.807, 2.05) is 0 Å². The lowest BCUT2D eigenvalue weighted by molar-refractivity contribution is -0.194. The predicted octanol–water partition coefficient (Wildman–Crippen LogP) is 7.73. The quantitative estimate of drug-likeness (QED) is 0.0204. The summed E-state index contributed by atoms with van der Waals surface area (Å²) in [5.74, 6) is -4.48. The Bertz CT molecular complexity index is 1010. The highest BCUT2D eigenvalue weighted by Gasteiger charge is 2.62. The van der Waals surface area contributed by atoms with E-state index in [4.69, 9.17) is 5.11 Å². The molecule has 54 heavy (non-hydrogen) atoms. The monoisotopic (exact) mass is 769 g/mol. The molecule has 4 atom stereocenters. The van der Waals surface area contributed by atoms with Gasteiger partial charge >= 0.3 is 0 Å². The molecule has 0 aliphatic carbocycles. The molecule has 0 saturated carbocycles. The minimum absolute atomic E-state index is 0.258. The summed E-state index contributed by atoms with van der Waals surface area (Å²) in [5, 5.41) is 61.9. The van der Waals surface area contributed by atoms with Crippen LogP contribution in [0.25, 0.3) is 0 Å². The highest BCUT2D eigenvalue weighted by Crippen LogP contribution is 2.32. The van der Waals surface area contributed by atoms with Gasteiger partial charge in [0.15, 0.2) is 28.7 Å². The van der Waals surface area contributed by atoms with E-state index in [1.165, 1.54) is 83.5 Å². The molecule has 0 bridgehead atoms. The van der Waals surface area contributed by atoms with Crippen LogP contribution in [-0.4, -0.2) is 90.4 Å². The summed E-state index contributed by atoms with van der Waals surface area (Å²) in [6.45, 7) is 2.14. The van der Waals surface area contributed by atoms with Crippen LogP contribution in [0.1, 0.15) is 206 Å². The van der Waals surface area contributed by atoms with Crippen molar-refractivity contribution < 1.29 is 49.8 Å². The average Bonchev–Trinajstić information content (AvgIpc) is 3.18. The van der Waals surface area contributed by atoms with Crippen molar-refractivity contribution in [3.63, 3.8) is 0 Å². The Morgan fingerprint density at radius 1 is 0.481 bits per heavy atom. The predicted molar refractivity (Wildman–Crippen MR) is 215 cm³/mol. The molecule has 4 unspecified atom stereocenters. The number of rotatable bonds is 40. The fourth-order valence-electron chi connectivity index (χ4n) is 6.95. The molecule has 0 aromatic rings. The topological polar surface area (TPSA) is 190 Å². The van der Waals surface area contributed by atoms with Gasteiger partial charge in [0, 0.05) is 25.7 Å². The maximum Gasteiger partial charge on any atom is 0.219 e. The lowest BCUT2D eigenvalue weighted by atomic mass is 9.71. The second-order valence-electron chi connectivity index (χ2n) is 15.5. The van der Waals surface area contributed by atoms with Gasteiger partial charge in [0.2, 0.25) is 5.60 Å². The van der Waals surface area contributed by atoms with Crippen molar-refractivity contribution in [2.45, 2.75) is 230 Å². The van der Waals surface area contributed by atoms with Crippen molar-refractivity contribution in [2.24, 2.45) is 0 Å². The Morgan fingerprint density at radius 3 is 1.24 bits per heavy atom.